The van der Waals surface area contributed by atoms with E-state index in [1.807, 2.05) is 44.2 Å². The first kappa shape index (κ1) is 41.5. The van der Waals surface area contributed by atoms with E-state index in [4.69, 9.17) is 34.3 Å². The first-order chi connectivity index (χ1) is 25.6. The van der Waals surface area contributed by atoms with E-state index >= 15 is 0 Å². The highest BCUT2D eigenvalue weighted by Gasteiger charge is 2.30. The Labute approximate surface area is 325 Å². The molecule has 3 aliphatic rings. The molecule has 0 spiro atoms. The highest BCUT2D eigenvalue weighted by Crippen LogP contribution is 2.37. The number of nitrogens with one attached hydrogen (secondary N) is 5. The van der Waals surface area contributed by atoms with Crippen molar-refractivity contribution in [3.8, 4) is 0 Å². The molecular weight excluding hydrogens is 703 g/mol. The number of nitrogens with two attached hydrogens (primary N) is 1. The van der Waals surface area contributed by atoms with E-state index in [1.54, 1.807) is 31.2 Å². The molecule has 0 bridgehead atoms. The predicted octanol–water partition coefficient (Wildman–Crippen LogP) is 11.0. The fourth-order valence-corrected chi connectivity index (χ4v) is 7.96. The summed E-state index contributed by atoms with van der Waals surface area (Å²) >= 11 is 12.2. The number of amides is 3. The topological polar surface area (TPSA) is 132 Å². The van der Waals surface area contributed by atoms with Crippen molar-refractivity contribution in [1.82, 2.24) is 10.6 Å². The van der Waals surface area contributed by atoms with Gasteiger partial charge in [0, 0.05) is 39.8 Å². The van der Waals surface area contributed by atoms with E-state index in [0.717, 1.165) is 78.7 Å². The number of hydrogen-bond donors (Lipinski definition) is 6. The van der Waals surface area contributed by atoms with Crippen LogP contribution in [0, 0.1) is 17.2 Å². The molecule has 7 N–H and O–H groups in total. The minimum Gasteiger partial charge on any atom is -0.398 e. The molecular formula is C43H56Cl2N6O2. The molecule has 3 aromatic rings. The lowest BCUT2D eigenvalue weighted by atomic mass is 9.91. The van der Waals surface area contributed by atoms with Crippen molar-refractivity contribution in [3.05, 3.63) is 111 Å². The minimum atomic E-state index is -0.306. The number of urea groups is 1. The number of hydrogen-bond acceptors (Lipinski definition) is 5. The van der Waals surface area contributed by atoms with Gasteiger partial charge in [0.2, 0.25) is 0 Å². The molecule has 2 unspecified atom stereocenters. The van der Waals surface area contributed by atoms with Crippen LogP contribution < -0.4 is 27.0 Å². The zero-order valence-corrected chi connectivity index (χ0v) is 32.9. The number of anilines is 3. The number of halogens is 2. The molecule has 2 aliphatic carbocycles. The number of carbonyl (C=O) groups is 2. The third-order valence-corrected chi connectivity index (χ3v) is 10.5. The molecule has 0 saturated heterocycles. The Hall–Kier alpha value is -4.27. The van der Waals surface area contributed by atoms with Crippen molar-refractivity contribution in [2.45, 2.75) is 97.1 Å². The average Bonchev–Trinajstić information content (AvgIpc) is 3.90. The number of fused-ring (bicyclic) bond motifs is 1. The zero-order chi connectivity index (χ0) is 38.3. The van der Waals surface area contributed by atoms with Gasteiger partial charge in [-0.25, -0.2) is 4.79 Å². The molecule has 2 saturated carbocycles. The van der Waals surface area contributed by atoms with Crippen LogP contribution in [0.3, 0.4) is 0 Å². The number of para-hydroxylation sites is 1. The standard InChI is InChI=1S/C22H25ClN2O.C19H25ClN4O.C2H6/c23-18-11-3-9-17(14-18)20(15-6-1-2-7-15)25-22(26)19-12-4-8-16-10-5-13-24-21(16)19;1-12(9-13(2)20)18(14-5-3-4-6-14)24-19(25)23-16-7-8-17(22)15(10-16)11-21;1-2/h3-4,8-9,11-12,14-15,20,24H,1-2,5-7,10,13H2,(H,25,26);7-11,14,18,21H,1,3-6,22H2,2H3,(H2,23,24,25);1-2H3/b;13-9+,21-11?;. The average molecular weight is 760 g/mol. The molecule has 3 aromatic carbocycles. The summed E-state index contributed by atoms with van der Waals surface area (Å²) in [6.07, 6.45) is 14.4. The van der Waals surface area contributed by atoms with E-state index < -0.39 is 0 Å². The van der Waals surface area contributed by atoms with Crippen molar-refractivity contribution < 1.29 is 9.59 Å². The number of aryl methyl sites for hydroxylation is 1. The summed E-state index contributed by atoms with van der Waals surface area (Å²) < 4.78 is 0. The third-order valence-electron chi connectivity index (χ3n) is 10.1. The van der Waals surface area contributed by atoms with Crippen molar-refractivity contribution >= 4 is 58.4 Å². The second kappa shape index (κ2) is 20.8. The maximum Gasteiger partial charge on any atom is 0.319 e. The number of benzene rings is 3. The highest BCUT2D eigenvalue weighted by atomic mass is 35.5. The monoisotopic (exact) mass is 758 g/mol. The van der Waals surface area contributed by atoms with Gasteiger partial charge >= 0.3 is 6.03 Å². The summed E-state index contributed by atoms with van der Waals surface area (Å²) in [7, 11) is 0. The van der Waals surface area contributed by atoms with Crippen LogP contribution in [0.25, 0.3) is 0 Å². The summed E-state index contributed by atoms with van der Waals surface area (Å²) in [6, 6.07) is 18.6. The van der Waals surface area contributed by atoms with Gasteiger partial charge in [0.05, 0.1) is 23.3 Å². The van der Waals surface area contributed by atoms with Crippen LogP contribution in [0.4, 0.5) is 21.9 Å². The Bertz CT molecular complexity index is 1740. The summed E-state index contributed by atoms with van der Waals surface area (Å²) in [4.78, 5) is 25.6. The molecule has 0 aromatic heterocycles. The van der Waals surface area contributed by atoms with E-state index in [2.05, 4.69) is 40.0 Å². The van der Waals surface area contributed by atoms with E-state index in [9.17, 15) is 9.59 Å². The molecule has 1 aliphatic heterocycles. The van der Waals surface area contributed by atoms with Crippen LogP contribution in [0.1, 0.15) is 112 Å². The van der Waals surface area contributed by atoms with Gasteiger partial charge in [-0.05, 0) is 116 Å². The van der Waals surface area contributed by atoms with Crippen LogP contribution in [-0.4, -0.2) is 30.7 Å². The second-order valence-corrected chi connectivity index (χ2v) is 14.9. The normalized spacial score (nSPS) is 16.7. The van der Waals surface area contributed by atoms with Gasteiger partial charge < -0.3 is 32.4 Å². The summed E-state index contributed by atoms with van der Waals surface area (Å²) in [5, 5.41) is 21.3. The van der Waals surface area contributed by atoms with E-state index in [0.29, 0.717) is 33.8 Å². The molecule has 3 amide bonds. The van der Waals surface area contributed by atoms with E-state index in [1.165, 1.54) is 31.2 Å². The van der Waals surface area contributed by atoms with Gasteiger partial charge in [-0.15, -0.1) is 0 Å². The predicted molar refractivity (Wildman–Crippen MR) is 224 cm³/mol. The molecule has 1 heterocycles. The van der Waals surface area contributed by atoms with Crippen LogP contribution >= 0.6 is 23.2 Å². The molecule has 0 radical (unpaired) electrons. The zero-order valence-electron chi connectivity index (χ0n) is 31.4. The first-order valence-electron chi connectivity index (χ1n) is 19.0. The van der Waals surface area contributed by atoms with Crippen molar-refractivity contribution in [2.24, 2.45) is 11.8 Å². The van der Waals surface area contributed by atoms with Gasteiger partial charge in [0.1, 0.15) is 0 Å². The van der Waals surface area contributed by atoms with Crippen LogP contribution in [0.2, 0.25) is 5.02 Å². The molecule has 2 atom stereocenters. The van der Waals surface area contributed by atoms with Crippen molar-refractivity contribution in [1.29, 1.82) is 5.41 Å². The number of carbonyl (C=O) groups excluding carboxylic acids is 2. The highest BCUT2D eigenvalue weighted by molar-refractivity contribution is 6.30. The van der Waals surface area contributed by atoms with Gasteiger partial charge in [0.25, 0.3) is 5.91 Å². The fraction of sp³-hybridized carbons (Fsp3) is 0.419. The molecule has 53 heavy (non-hydrogen) atoms. The van der Waals surface area contributed by atoms with Crippen molar-refractivity contribution in [2.75, 3.05) is 22.9 Å². The van der Waals surface area contributed by atoms with Gasteiger partial charge in [0.15, 0.2) is 0 Å². The molecule has 2 fully saturated rings. The lowest BCUT2D eigenvalue weighted by molar-refractivity contribution is 0.0922. The first-order valence-corrected chi connectivity index (χ1v) is 19.8. The maximum atomic E-state index is 13.2. The third kappa shape index (κ3) is 11.9. The van der Waals surface area contributed by atoms with Crippen LogP contribution in [-0.2, 0) is 6.42 Å². The Morgan fingerprint density at radius 1 is 0.943 bits per heavy atom. The van der Waals surface area contributed by atoms with Crippen LogP contribution in [0.15, 0.2) is 83.9 Å². The maximum absolute atomic E-state index is 13.2. The Morgan fingerprint density at radius 2 is 1.62 bits per heavy atom. The number of rotatable bonds is 10. The molecule has 284 valence electrons. The van der Waals surface area contributed by atoms with Crippen molar-refractivity contribution in [3.63, 3.8) is 0 Å². The Morgan fingerprint density at radius 3 is 2.28 bits per heavy atom. The smallest absolute Gasteiger partial charge is 0.319 e. The number of allylic oxidation sites excluding steroid dienone is 1. The summed E-state index contributed by atoms with van der Waals surface area (Å²) in [5.41, 5.74) is 12.3. The van der Waals surface area contributed by atoms with Crippen LogP contribution in [0.5, 0.6) is 0 Å². The summed E-state index contributed by atoms with van der Waals surface area (Å²) in [6.45, 7) is 10.8. The van der Waals surface area contributed by atoms with Gasteiger partial charge in [-0.3, -0.25) is 4.79 Å². The molecule has 10 heteroatoms. The SMILES string of the molecule is C=C(/C=C(\C)Cl)C(NC(=O)Nc1ccc(N)c(C=N)c1)C1CCCC1.CC.O=C(NC(c1cccc(Cl)c1)C1CCCC1)c1cccc2c1NCCC2. The van der Waals surface area contributed by atoms with E-state index in [-0.39, 0.29) is 24.0 Å². The fourth-order valence-electron chi connectivity index (χ4n) is 7.62. The Kier molecular flexibility index (Phi) is 16.3. The number of nitrogen functional groups attached to an aromatic ring is 1. The Balaban J connectivity index is 0.000000226. The second-order valence-electron chi connectivity index (χ2n) is 13.8. The quantitative estimate of drug-likeness (QED) is 0.0697. The summed E-state index contributed by atoms with van der Waals surface area (Å²) in [5.74, 6) is 0.854. The van der Waals surface area contributed by atoms with Gasteiger partial charge in [-0.1, -0.05) is 93.6 Å². The molecule has 8 nitrogen and oxygen atoms in total. The van der Waals surface area contributed by atoms with Gasteiger partial charge in [-0.2, -0.15) is 0 Å². The minimum absolute atomic E-state index is 0.00752. The lowest BCUT2D eigenvalue weighted by Gasteiger charge is -2.27. The lowest BCUT2D eigenvalue weighted by Crippen LogP contribution is -2.42. The largest absolute Gasteiger partial charge is 0.398 e. The molecule has 6 rings (SSSR count).